The van der Waals surface area contributed by atoms with E-state index < -0.39 is 18.1 Å². The van der Waals surface area contributed by atoms with Crippen molar-refractivity contribution in [3.05, 3.63) is 84.2 Å². The maximum Gasteiger partial charge on any atom is 0.573 e. The fraction of sp³-hybridized carbons (Fsp3) is 0.0476. The van der Waals surface area contributed by atoms with Gasteiger partial charge in [0, 0.05) is 17.1 Å². The first-order valence-corrected chi connectivity index (χ1v) is 9.20. The van der Waals surface area contributed by atoms with Gasteiger partial charge >= 0.3 is 6.36 Å². The average molecular weight is 449 g/mol. The summed E-state index contributed by atoms with van der Waals surface area (Å²) < 4.78 is 54.0. The van der Waals surface area contributed by atoms with Crippen molar-refractivity contribution < 1.29 is 27.1 Å². The van der Waals surface area contributed by atoms with Gasteiger partial charge in [-0.1, -0.05) is 12.1 Å². The maximum atomic E-state index is 13.7. The highest BCUT2D eigenvalue weighted by Gasteiger charge is 2.30. The molecule has 0 aliphatic carbocycles. The van der Waals surface area contributed by atoms with E-state index in [0.29, 0.717) is 17.1 Å². The van der Waals surface area contributed by atoms with Crippen LogP contribution in [0.1, 0.15) is 10.4 Å². The van der Waals surface area contributed by atoms with Crippen LogP contribution in [-0.4, -0.2) is 17.4 Å². The molecular weight excluding hydrogens is 434 g/mol. The number of halogens is 4. The molecule has 0 saturated carbocycles. The molecule has 10 heteroatoms. The normalized spacial score (nSPS) is 10.8. The van der Waals surface area contributed by atoms with Gasteiger partial charge in [0.15, 0.2) is 5.11 Å². The van der Waals surface area contributed by atoms with Crippen LogP contribution in [0.2, 0.25) is 0 Å². The smallest absolute Gasteiger partial charge is 0.406 e. The van der Waals surface area contributed by atoms with E-state index in [1.165, 1.54) is 30.3 Å². The molecule has 3 N–H and O–H groups in total. The van der Waals surface area contributed by atoms with Gasteiger partial charge in [-0.3, -0.25) is 4.79 Å². The Kier molecular flexibility index (Phi) is 6.71. The van der Waals surface area contributed by atoms with E-state index in [-0.39, 0.29) is 16.4 Å². The highest BCUT2D eigenvalue weighted by atomic mass is 32.1. The van der Waals surface area contributed by atoms with E-state index in [4.69, 9.17) is 12.2 Å². The van der Waals surface area contributed by atoms with Crippen molar-refractivity contribution >= 4 is 40.3 Å². The molecular formula is C21H15F4N3O2S. The van der Waals surface area contributed by atoms with E-state index in [1.54, 1.807) is 30.3 Å². The topological polar surface area (TPSA) is 62.4 Å². The van der Waals surface area contributed by atoms with Crippen LogP contribution in [0.25, 0.3) is 0 Å². The van der Waals surface area contributed by atoms with E-state index in [1.807, 2.05) is 0 Å². The predicted molar refractivity (Wildman–Crippen MR) is 114 cm³/mol. The Bertz CT molecular complexity index is 1070. The zero-order valence-corrected chi connectivity index (χ0v) is 16.5. The molecule has 3 aromatic rings. The van der Waals surface area contributed by atoms with Gasteiger partial charge in [-0.2, -0.15) is 0 Å². The minimum atomic E-state index is -4.76. The minimum absolute atomic E-state index is 0.0678. The quantitative estimate of drug-likeness (QED) is 0.340. The maximum absolute atomic E-state index is 13.7. The first-order valence-electron chi connectivity index (χ1n) is 8.79. The van der Waals surface area contributed by atoms with E-state index in [9.17, 15) is 22.4 Å². The first-order chi connectivity index (χ1) is 14.7. The summed E-state index contributed by atoms with van der Waals surface area (Å²) in [6.07, 6.45) is -4.76. The molecule has 1 amide bonds. The molecule has 0 unspecified atom stereocenters. The van der Waals surface area contributed by atoms with Gasteiger partial charge in [0.05, 0.1) is 5.56 Å². The summed E-state index contributed by atoms with van der Waals surface area (Å²) in [6, 6.07) is 17.2. The van der Waals surface area contributed by atoms with Gasteiger partial charge in [-0.15, -0.1) is 13.2 Å². The van der Waals surface area contributed by atoms with E-state index in [2.05, 4.69) is 20.7 Å². The number of thiocarbonyl (C=S) groups is 1. The lowest BCUT2D eigenvalue weighted by Crippen LogP contribution is -2.19. The molecule has 0 aliphatic rings. The van der Waals surface area contributed by atoms with Crippen molar-refractivity contribution in [2.75, 3.05) is 16.0 Å². The summed E-state index contributed by atoms with van der Waals surface area (Å²) >= 11 is 5.17. The number of hydrogen-bond donors (Lipinski definition) is 3. The summed E-state index contributed by atoms with van der Waals surface area (Å²) in [6.45, 7) is 0. The lowest BCUT2D eigenvalue weighted by Gasteiger charge is -2.13. The molecule has 0 fully saturated rings. The molecule has 0 aliphatic heterocycles. The first kappa shape index (κ1) is 22.0. The van der Waals surface area contributed by atoms with Crippen LogP contribution in [0.5, 0.6) is 5.75 Å². The Balaban J connectivity index is 1.54. The van der Waals surface area contributed by atoms with Crippen molar-refractivity contribution in [1.82, 2.24) is 0 Å². The third-order valence-corrected chi connectivity index (χ3v) is 4.07. The van der Waals surface area contributed by atoms with E-state index in [0.717, 1.165) is 12.1 Å². The van der Waals surface area contributed by atoms with Crippen molar-refractivity contribution in [3.8, 4) is 5.75 Å². The van der Waals surface area contributed by atoms with Crippen LogP contribution in [0, 0.1) is 5.82 Å². The molecule has 3 aromatic carbocycles. The molecule has 0 radical (unpaired) electrons. The number of carbonyl (C=O) groups is 1. The van der Waals surface area contributed by atoms with Crippen LogP contribution in [0.3, 0.4) is 0 Å². The molecule has 0 bridgehead atoms. The Morgan fingerprint density at radius 3 is 1.77 bits per heavy atom. The number of nitrogens with one attached hydrogen (secondary N) is 3. The van der Waals surface area contributed by atoms with Gasteiger partial charge in [0.2, 0.25) is 0 Å². The lowest BCUT2D eigenvalue weighted by molar-refractivity contribution is -0.274. The Morgan fingerprint density at radius 2 is 1.26 bits per heavy atom. The summed E-state index contributed by atoms with van der Waals surface area (Å²) in [7, 11) is 0. The molecule has 0 saturated heterocycles. The van der Waals surface area contributed by atoms with Gasteiger partial charge in [0.25, 0.3) is 5.91 Å². The average Bonchev–Trinajstić information content (AvgIpc) is 2.70. The monoisotopic (exact) mass is 449 g/mol. The highest BCUT2D eigenvalue weighted by Crippen LogP contribution is 2.24. The molecule has 0 heterocycles. The zero-order chi connectivity index (χ0) is 22.4. The van der Waals surface area contributed by atoms with Gasteiger partial charge < -0.3 is 20.7 Å². The second kappa shape index (κ2) is 9.43. The summed E-state index contributed by atoms with van der Waals surface area (Å²) in [5.41, 5.74) is 1.44. The van der Waals surface area contributed by atoms with Crippen LogP contribution < -0.4 is 20.7 Å². The number of carbonyl (C=O) groups excluding carboxylic acids is 1. The Labute approximate surface area is 180 Å². The van der Waals surface area contributed by atoms with Gasteiger partial charge in [-0.05, 0) is 72.9 Å². The van der Waals surface area contributed by atoms with Crippen LogP contribution in [-0.2, 0) is 0 Å². The Morgan fingerprint density at radius 1 is 0.774 bits per heavy atom. The van der Waals surface area contributed by atoms with Crippen LogP contribution in [0.4, 0.5) is 34.6 Å². The molecule has 31 heavy (non-hydrogen) atoms. The molecule has 0 atom stereocenters. The zero-order valence-electron chi connectivity index (χ0n) is 15.7. The fourth-order valence-corrected chi connectivity index (χ4v) is 2.75. The summed E-state index contributed by atoms with van der Waals surface area (Å²) in [4.78, 5) is 12.1. The lowest BCUT2D eigenvalue weighted by atomic mass is 10.2. The molecule has 160 valence electrons. The van der Waals surface area contributed by atoms with E-state index >= 15 is 0 Å². The van der Waals surface area contributed by atoms with Crippen molar-refractivity contribution in [2.24, 2.45) is 0 Å². The number of anilines is 3. The molecule has 5 nitrogen and oxygen atoms in total. The van der Waals surface area contributed by atoms with Gasteiger partial charge in [-0.25, -0.2) is 4.39 Å². The Hall–Kier alpha value is -3.66. The number of hydrogen-bond acceptors (Lipinski definition) is 3. The molecule has 0 spiro atoms. The minimum Gasteiger partial charge on any atom is -0.406 e. The van der Waals surface area contributed by atoms with Crippen molar-refractivity contribution in [3.63, 3.8) is 0 Å². The van der Waals surface area contributed by atoms with Crippen LogP contribution in [0.15, 0.2) is 72.8 Å². The molecule has 0 aromatic heterocycles. The highest BCUT2D eigenvalue weighted by molar-refractivity contribution is 7.80. The second-order valence-corrected chi connectivity index (χ2v) is 6.57. The second-order valence-electron chi connectivity index (χ2n) is 6.16. The number of amides is 1. The third-order valence-electron chi connectivity index (χ3n) is 3.86. The number of ether oxygens (including phenoxy) is 1. The summed E-state index contributed by atoms with van der Waals surface area (Å²) in [5.74, 6) is -1.54. The SMILES string of the molecule is O=C(Nc1ccc(NC(=S)Nc2ccc(OC(F)(F)F)cc2)cc1)c1ccccc1F. The standard InChI is InChI=1S/C21H15F4N3O2S/c22-18-4-2-1-3-17(18)19(29)26-13-5-7-14(8-6-13)27-20(31)28-15-9-11-16(12-10-15)30-21(23,24)25/h1-12H,(H,26,29)(H2,27,28,31). The number of rotatable bonds is 5. The number of alkyl halides is 3. The number of benzene rings is 3. The third kappa shape index (κ3) is 6.68. The summed E-state index contributed by atoms with van der Waals surface area (Å²) in [5, 5.41) is 8.52. The predicted octanol–water partition coefficient (Wildman–Crippen LogP) is 5.79. The van der Waals surface area contributed by atoms with Crippen LogP contribution >= 0.6 is 12.2 Å². The fourth-order valence-electron chi connectivity index (χ4n) is 2.51. The molecule has 3 rings (SSSR count). The van der Waals surface area contributed by atoms with Gasteiger partial charge in [0.1, 0.15) is 11.6 Å². The van der Waals surface area contributed by atoms with Crippen molar-refractivity contribution in [2.45, 2.75) is 6.36 Å². The van der Waals surface area contributed by atoms with Crippen molar-refractivity contribution in [1.29, 1.82) is 0 Å². The largest absolute Gasteiger partial charge is 0.573 e.